The lowest BCUT2D eigenvalue weighted by molar-refractivity contribution is 0.0697. The van der Waals surface area contributed by atoms with E-state index in [1.807, 2.05) is 12.1 Å². The van der Waals surface area contributed by atoms with Crippen LogP contribution in [0.5, 0.6) is 0 Å². The molecule has 1 aliphatic heterocycles. The Bertz CT molecular complexity index is 942. The summed E-state index contributed by atoms with van der Waals surface area (Å²) in [5, 5.41) is 9.16. The molecule has 1 N–H and O–H groups in total. The molecule has 0 spiro atoms. The van der Waals surface area contributed by atoms with Gasteiger partial charge in [-0.25, -0.2) is 14.8 Å². The molecular formula is C19H18N6O2. The number of hydrogen-bond acceptors (Lipinski definition) is 7. The summed E-state index contributed by atoms with van der Waals surface area (Å²) in [6.45, 7) is 3.33. The van der Waals surface area contributed by atoms with E-state index < -0.39 is 5.97 Å². The number of pyridine rings is 2. The Kier molecular flexibility index (Phi) is 4.61. The molecule has 1 saturated heterocycles. The highest BCUT2D eigenvalue weighted by Gasteiger charge is 2.20. The van der Waals surface area contributed by atoms with Crippen LogP contribution in [0.1, 0.15) is 10.4 Å². The molecule has 0 saturated carbocycles. The third-order valence-corrected chi connectivity index (χ3v) is 4.50. The van der Waals surface area contributed by atoms with Crippen molar-refractivity contribution in [1.82, 2.24) is 19.9 Å². The summed E-state index contributed by atoms with van der Waals surface area (Å²) in [5.74, 6) is -0.357. The molecule has 1 aliphatic rings. The third kappa shape index (κ3) is 3.69. The normalized spacial score (nSPS) is 14.2. The van der Waals surface area contributed by atoms with Crippen molar-refractivity contribution in [3.8, 4) is 11.4 Å². The molecular weight excluding hydrogens is 344 g/mol. The van der Waals surface area contributed by atoms with Gasteiger partial charge in [-0.05, 0) is 30.3 Å². The van der Waals surface area contributed by atoms with Gasteiger partial charge in [0.25, 0.3) is 0 Å². The van der Waals surface area contributed by atoms with Crippen molar-refractivity contribution < 1.29 is 9.90 Å². The Morgan fingerprint density at radius 1 is 0.852 bits per heavy atom. The van der Waals surface area contributed by atoms with Gasteiger partial charge in [-0.2, -0.15) is 0 Å². The number of hydrogen-bond donors (Lipinski definition) is 1. The van der Waals surface area contributed by atoms with Crippen LogP contribution in [-0.4, -0.2) is 57.2 Å². The molecule has 0 aliphatic carbocycles. The molecule has 0 atom stereocenters. The first kappa shape index (κ1) is 16.9. The number of nitrogens with zero attached hydrogens (tertiary/aromatic N) is 6. The van der Waals surface area contributed by atoms with E-state index >= 15 is 0 Å². The number of carbonyl (C=O) groups is 1. The maximum atomic E-state index is 11.2. The fourth-order valence-electron chi connectivity index (χ4n) is 3.07. The molecule has 0 unspecified atom stereocenters. The van der Waals surface area contributed by atoms with Crippen molar-refractivity contribution in [2.24, 2.45) is 0 Å². The topological polar surface area (TPSA) is 95.3 Å². The van der Waals surface area contributed by atoms with E-state index in [-0.39, 0.29) is 5.56 Å². The lowest BCUT2D eigenvalue weighted by Gasteiger charge is -2.36. The third-order valence-electron chi connectivity index (χ3n) is 4.50. The number of anilines is 2. The highest BCUT2D eigenvalue weighted by atomic mass is 16.4. The van der Waals surface area contributed by atoms with E-state index in [0.717, 1.165) is 31.9 Å². The summed E-state index contributed by atoms with van der Waals surface area (Å²) >= 11 is 0. The molecule has 0 amide bonds. The van der Waals surface area contributed by atoms with Gasteiger partial charge in [-0.3, -0.25) is 9.97 Å². The second-order valence-electron chi connectivity index (χ2n) is 6.16. The fourth-order valence-corrected chi connectivity index (χ4v) is 3.07. The first-order valence-electron chi connectivity index (χ1n) is 8.63. The van der Waals surface area contributed by atoms with Gasteiger partial charge in [-0.1, -0.05) is 0 Å². The Labute approximate surface area is 156 Å². The number of aromatic nitrogens is 4. The molecule has 136 valence electrons. The summed E-state index contributed by atoms with van der Waals surface area (Å²) in [6, 6.07) is 8.74. The molecule has 3 aromatic rings. The molecule has 3 aromatic heterocycles. The van der Waals surface area contributed by atoms with Crippen LogP contribution in [0.2, 0.25) is 0 Å². The molecule has 8 heteroatoms. The monoisotopic (exact) mass is 362 g/mol. The zero-order valence-corrected chi connectivity index (χ0v) is 14.6. The van der Waals surface area contributed by atoms with Gasteiger partial charge in [0.2, 0.25) is 5.95 Å². The Balaban J connectivity index is 1.50. The largest absolute Gasteiger partial charge is 0.478 e. The zero-order chi connectivity index (χ0) is 18.6. The van der Waals surface area contributed by atoms with Crippen molar-refractivity contribution >= 4 is 17.6 Å². The van der Waals surface area contributed by atoms with Crippen LogP contribution in [0, 0.1) is 0 Å². The van der Waals surface area contributed by atoms with Crippen LogP contribution in [0.15, 0.2) is 55.1 Å². The molecule has 4 heterocycles. The highest BCUT2D eigenvalue weighted by molar-refractivity contribution is 5.88. The van der Waals surface area contributed by atoms with Gasteiger partial charge in [0, 0.05) is 56.7 Å². The van der Waals surface area contributed by atoms with Crippen LogP contribution in [0.4, 0.5) is 11.6 Å². The first-order chi connectivity index (χ1) is 13.2. The average Bonchev–Trinajstić information content (AvgIpc) is 2.75. The lowest BCUT2D eigenvalue weighted by Crippen LogP contribution is -2.47. The number of carboxylic acids is 1. The van der Waals surface area contributed by atoms with E-state index in [0.29, 0.717) is 17.3 Å². The second kappa shape index (κ2) is 7.36. The minimum atomic E-state index is -0.986. The standard InChI is InChI=1S/C19H18N6O2/c26-18(27)14-1-7-21-17(13-14)16-4-8-22-19(23-16)25-11-9-24(10-12-25)15-2-5-20-6-3-15/h1-8,13H,9-12H2,(H,26,27). The zero-order valence-electron chi connectivity index (χ0n) is 14.6. The Morgan fingerprint density at radius 2 is 1.56 bits per heavy atom. The van der Waals surface area contributed by atoms with Crippen molar-refractivity contribution in [1.29, 1.82) is 0 Å². The summed E-state index contributed by atoms with van der Waals surface area (Å²) < 4.78 is 0. The van der Waals surface area contributed by atoms with Gasteiger partial charge in [-0.15, -0.1) is 0 Å². The van der Waals surface area contributed by atoms with E-state index in [4.69, 9.17) is 5.11 Å². The minimum Gasteiger partial charge on any atom is -0.478 e. The minimum absolute atomic E-state index is 0.186. The maximum Gasteiger partial charge on any atom is 0.335 e. The van der Waals surface area contributed by atoms with Crippen LogP contribution < -0.4 is 9.80 Å². The lowest BCUT2D eigenvalue weighted by atomic mass is 10.2. The van der Waals surface area contributed by atoms with Crippen LogP contribution in [0.25, 0.3) is 11.4 Å². The van der Waals surface area contributed by atoms with Crippen molar-refractivity contribution in [3.05, 3.63) is 60.7 Å². The number of carboxylic acid groups (broad SMARTS) is 1. The van der Waals surface area contributed by atoms with Gasteiger partial charge >= 0.3 is 5.97 Å². The molecule has 0 aromatic carbocycles. The van der Waals surface area contributed by atoms with E-state index in [1.165, 1.54) is 18.3 Å². The maximum absolute atomic E-state index is 11.2. The van der Waals surface area contributed by atoms with Crippen molar-refractivity contribution in [2.45, 2.75) is 0 Å². The van der Waals surface area contributed by atoms with Gasteiger partial charge in [0.1, 0.15) is 0 Å². The number of rotatable bonds is 4. The first-order valence-corrected chi connectivity index (χ1v) is 8.63. The highest BCUT2D eigenvalue weighted by Crippen LogP contribution is 2.20. The Morgan fingerprint density at radius 3 is 2.30 bits per heavy atom. The van der Waals surface area contributed by atoms with E-state index in [1.54, 1.807) is 24.7 Å². The van der Waals surface area contributed by atoms with Crippen molar-refractivity contribution in [2.75, 3.05) is 36.0 Å². The van der Waals surface area contributed by atoms with Crippen LogP contribution in [0.3, 0.4) is 0 Å². The quantitative estimate of drug-likeness (QED) is 0.752. The summed E-state index contributed by atoms with van der Waals surface area (Å²) in [6.07, 6.45) is 6.76. The van der Waals surface area contributed by atoms with Crippen molar-refractivity contribution in [3.63, 3.8) is 0 Å². The second-order valence-corrected chi connectivity index (χ2v) is 6.16. The SMILES string of the molecule is O=C(O)c1ccnc(-c2ccnc(N3CCN(c4ccncc4)CC3)n2)c1. The van der Waals surface area contributed by atoms with Crippen LogP contribution >= 0.6 is 0 Å². The van der Waals surface area contributed by atoms with Gasteiger partial charge in [0.15, 0.2) is 0 Å². The van der Waals surface area contributed by atoms with E-state index in [9.17, 15) is 4.79 Å². The molecule has 8 nitrogen and oxygen atoms in total. The summed E-state index contributed by atoms with van der Waals surface area (Å²) in [5.41, 5.74) is 2.48. The summed E-state index contributed by atoms with van der Waals surface area (Å²) in [4.78, 5) is 32.9. The smallest absolute Gasteiger partial charge is 0.335 e. The number of piperazine rings is 1. The van der Waals surface area contributed by atoms with Gasteiger partial charge in [0.05, 0.1) is 17.0 Å². The number of aromatic carboxylic acids is 1. The Hall–Kier alpha value is -3.55. The van der Waals surface area contributed by atoms with E-state index in [2.05, 4.69) is 29.7 Å². The molecule has 4 rings (SSSR count). The predicted octanol–water partition coefficient (Wildman–Crippen LogP) is 1.96. The molecule has 0 bridgehead atoms. The summed E-state index contributed by atoms with van der Waals surface area (Å²) in [7, 11) is 0. The average molecular weight is 362 g/mol. The molecule has 27 heavy (non-hydrogen) atoms. The fraction of sp³-hybridized carbons (Fsp3) is 0.211. The van der Waals surface area contributed by atoms with Crippen LogP contribution in [-0.2, 0) is 0 Å². The molecule has 1 fully saturated rings. The predicted molar refractivity (Wildman–Crippen MR) is 101 cm³/mol. The molecule has 0 radical (unpaired) electrons. The van der Waals surface area contributed by atoms with Gasteiger partial charge < -0.3 is 14.9 Å².